The van der Waals surface area contributed by atoms with Gasteiger partial charge in [-0.25, -0.2) is 4.39 Å². The van der Waals surface area contributed by atoms with Crippen LogP contribution in [0.4, 0.5) is 10.1 Å². The van der Waals surface area contributed by atoms with E-state index in [-0.39, 0.29) is 29.8 Å². The lowest BCUT2D eigenvalue weighted by atomic mass is 10.0. The molecular weight excluding hydrogens is 464 g/mol. The van der Waals surface area contributed by atoms with Crippen LogP contribution in [0, 0.1) is 24.1 Å². The molecule has 0 saturated carbocycles. The molecule has 0 aliphatic heterocycles. The first-order chi connectivity index (χ1) is 13.0. The highest BCUT2D eigenvalue weighted by Gasteiger charge is 2.15. The molecule has 2 aromatic carbocycles. The Morgan fingerprint density at radius 3 is 2.18 bits per heavy atom. The van der Waals surface area contributed by atoms with Crippen molar-refractivity contribution in [3.8, 4) is 28.5 Å². The van der Waals surface area contributed by atoms with Crippen LogP contribution in [0.2, 0.25) is 0 Å². The zero-order valence-corrected chi connectivity index (χ0v) is 18.4. The molecule has 3 rings (SSSR count). The smallest absolute Gasteiger partial charge is 0.213 e. The van der Waals surface area contributed by atoms with Crippen molar-refractivity contribution in [3.63, 3.8) is 0 Å². The average Bonchev–Trinajstić information content (AvgIpc) is 2.69. The largest absolute Gasteiger partial charge is 1.00 e. The van der Waals surface area contributed by atoms with Gasteiger partial charge in [-0.2, -0.15) is 9.83 Å². The Hall–Kier alpha value is -2.46. The number of nitrogens with zero attached hydrogens (tertiary/aromatic N) is 3. The van der Waals surface area contributed by atoms with Gasteiger partial charge >= 0.3 is 0 Å². The lowest BCUT2D eigenvalue weighted by Crippen LogP contribution is -3.00. The molecule has 3 aromatic rings. The summed E-state index contributed by atoms with van der Waals surface area (Å²) in [5.74, 6) is -0.231. The van der Waals surface area contributed by atoms with Crippen LogP contribution in [-0.2, 0) is 7.05 Å². The number of aryl methyl sites for hydroxylation is 1. The van der Waals surface area contributed by atoms with Crippen molar-refractivity contribution in [2.24, 2.45) is 7.05 Å². The molecule has 0 fully saturated rings. The lowest BCUT2D eigenvalue weighted by Gasteiger charge is -2.18. The molecule has 0 N–H and O–H groups in total. The highest BCUT2D eigenvalue weighted by Crippen LogP contribution is 2.27. The van der Waals surface area contributed by atoms with Crippen LogP contribution in [0.15, 0.2) is 60.7 Å². The molecule has 0 amide bonds. The predicted molar refractivity (Wildman–Crippen MR) is 107 cm³/mol. The van der Waals surface area contributed by atoms with Gasteiger partial charge < -0.3 is 28.9 Å². The summed E-state index contributed by atoms with van der Waals surface area (Å²) in [5, 5.41) is 8.74. The number of aromatic nitrogens is 1. The van der Waals surface area contributed by atoms with Gasteiger partial charge in [0.25, 0.3) is 0 Å². The van der Waals surface area contributed by atoms with Crippen molar-refractivity contribution >= 4 is 5.69 Å². The summed E-state index contributed by atoms with van der Waals surface area (Å²) in [4.78, 5) is 2.08. The fraction of sp³-hybridized carbons (Fsp3) is 0.217. The number of anilines is 1. The molecular formula is C23H23FIN3. The van der Waals surface area contributed by atoms with Gasteiger partial charge in [-0.1, -0.05) is 12.1 Å². The van der Waals surface area contributed by atoms with E-state index < -0.39 is 0 Å². The molecule has 0 unspecified atom stereocenters. The molecule has 28 heavy (non-hydrogen) atoms. The molecule has 0 aliphatic rings. The van der Waals surface area contributed by atoms with E-state index in [2.05, 4.69) is 58.9 Å². The van der Waals surface area contributed by atoms with Gasteiger partial charge in [0.1, 0.15) is 12.9 Å². The molecule has 0 radical (unpaired) electrons. The molecule has 1 aromatic heterocycles. The van der Waals surface area contributed by atoms with E-state index in [0.29, 0.717) is 13.0 Å². The third kappa shape index (κ3) is 4.87. The molecule has 0 aliphatic carbocycles. The third-order valence-electron chi connectivity index (χ3n) is 4.89. The quantitative estimate of drug-likeness (QED) is 0.405. The first-order valence-electron chi connectivity index (χ1n) is 8.95. The van der Waals surface area contributed by atoms with Gasteiger partial charge in [0.05, 0.1) is 12.5 Å². The van der Waals surface area contributed by atoms with Crippen molar-refractivity contribution in [1.29, 1.82) is 5.26 Å². The van der Waals surface area contributed by atoms with E-state index in [1.165, 1.54) is 12.1 Å². The fourth-order valence-corrected chi connectivity index (χ4v) is 3.12. The second kappa shape index (κ2) is 9.65. The van der Waals surface area contributed by atoms with Gasteiger partial charge in [-0.05, 0) is 47.5 Å². The minimum atomic E-state index is -0.231. The molecule has 0 saturated heterocycles. The van der Waals surface area contributed by atoms with Crippen molar-refractivity contribution in [2.75, 3.05) is 18.5 Å². The maximum Gasteiger partial charge on any atom is 0.213 e. The maximum absolute atomic E-state index is 13.3. The van der Waals surface area contributed by atoms with Crippen molar-refractivity contribution in [2.45, 2.75) is 13.3 Å². The predicted octanol–water partition coefficient (Wildman–Crippen LogP) is 1.65. The molecule has 3 nitrogen and oxygen atoms in total. The fourth-order valence-electron chi connectivity index (χ4n) is 3.12. The number of hydrogen-bond donors (Lipinski definition) is 0. The Bertz CT molecular complexity index is 976. The maximum atomic E-state index is 13.3. The standard InChI is InChI=1S/C23H23FN3.HI/c1-17-15-20(16-23(27(17)3)19-5-9-21(24)10-6-19)18-7-11-22(12-8-18)26(2)14-4-13-25;/h5-12,15-16H,4,14H2,1-3H3;1H/q+1;/p-1. The highest BCUT2D eigenvalue weighted by atomic mass is 127. The number of pyridine rings is 1. The van der Waals surface area contributed by atoms with Crippen molar-refractivity contribution < 1.29 is 32.9 Å². The summed E-state index contributed by atoms with van der Waals surface area (Å²) in [7, 11) is 4.01. The number of halogens is 2. The van der Waals surface area contributed by atoms with Gasteiger partial charge in [-0.15, -0.1) is 0 Å². The minimum absolute atomic E-state index is 0. The summed E-state index contributed by atoms with van der Waals surface area (Å²) in [5.41, 5.74) is 6.49. The Morgan fingerprint density at radius 1 is 0.964 bits per heavy atom. The SMILES string of the molecule is Cc1cc(-c2ccc(N(C)CCC#N)cc2)cc(-c2ccc(F)cc2)[n+]1C.[I-]. The molecule has 0 bridgehead atoms. The first-order valence-corrected chi connectivity index (χ1v) is 8.95. The van der Waals surface area contributed by atoms with Crippen LogP contribution in [-0.4, -0.2) is 13.6 Å². The van der Waals surface area contributed by atoms with Crippen LogP contribution in [0.3, 0.4) is 0 Å². The first kappa shape index (κ1) is 21.8. The molecule has 0 spiro atoms. The highest BCUT2D eigenvalue weighted by molar-refractivity contribution is 5.70. The molecule has 144 valence electrons. The average molecular weight is 487 g/mol. The Kier molecular flexibility index (Phi) is 7.53. The Labute approximate surface area is 183 Å². The van der Waals surface area contributed by atoms with Gasteiger partial charge in [-0.3, -0.25) is 0 Å². The van der Waals surface area contributed by atoms with E-state index in [4.69, 9.17) is 5.26 Å². The van der Waals surface area contributed by atoms with Crippen LogP contribution < -0.4 is 33.4 Å². The van der Waals surface area contributed by atoms with E-state index in [1.807, 2.05) is 14.1 Å². The molecule has 5 heteroatoms. The Morgan fingerprint density at radius 2 is 1.57 bits per heavy atom. The van der Waals surface area contributed by atoms with Crippen molar-refractivity contribution in [1.82, 2.24) is 0 Å². The zero-order valence-electron chi connectivity index (χ0n) is 16.3. The van der Waals surface area contributed by atoms with Crippen LogP contribution >= 0.6 is 0 Å². The van der Waals surface area contributed by atoms with Crippen LogP contribution in [0.25, 0.3) is 22.4 Å². The van der Waals surface area contributed by atoms with Gasteiger partial charge in [0, 0.05) is 43.9 Å². The normalized spacial score (nSPS) is 10.1. The second-order valence-corrected chi connectivity index (χ2v) is 6.71. The number of rotatable bonds is 5. The summed E-state index contributed by atoms with van der Waals surface area (Å²) in [6.07, 6.45) is 0.508. The van der Waals surface area contributed by atoms with Crippen LogP contribution in [0.5, 0.6) is 0 Å². The summed E-state index contributed by atoms with van der Waals surface area (Å²) in [6.45, 7) is 2.78. The summed E-state index contributed by atoms with van der Waals surface area (Å²) in [6, 6.07) is 21.4. The number of benzene rings is 2. The van der Waals surface area contributed by atoms with E-state index >= 15 is 0 Å². The minimum Gasteiger partial charge on any atom is -1.00 e. The third-order valence-corrected chi connectivity index (χ3v) is 4.89. The van der Waals surface area contributed by atoms with Gasteiger partial charge in [0.2, 0.25) is 5.69 Å². The Balaban J connectivity index is 0.00000280. The van der Waals surface area contributed by atoms with E-state index in [9.17, 15) is 4.39 Å². The number of nitriles is 1. The monoisotopic (exact) mass is 487 g/mol. The molecule has 1 heterocycles. The lowest BCUT2D eigenvalue weighted by molar-refractivity contribution is -0.666. The van der Waals surface area contributed by atoms with E-state index in [0.717, 1.165) is 33.8 Å². The second-order valence-electron chi connectivity index (χ2n) is 6.71. The zero-order chi connectivity index (χ0) is 19.4. The molecule has 0 atom stereocenters. The van der Waals surface area contributed by atoms with Crippen LogP contribution in [0.1, 0.15) is 12.1 Å². The van der Waals surface area contributed by atoms with E-state index in [1.54, 1.807) is 12.1 Å². The van der Waals surface area contributed by atoms with Gasteiger partial charge in [0.15, 0.2) is 5.69 Å². The number of hydrogen-bond acceptors (Lipinski definition) is 2. The summed E-state index contributed by atoms with van der Waals surface area (Å²) >= 11 is 0. The topological polar surface area (TPSA) is 30.9 Å². The summed E-state index contributed by atoms with van der Waals surface area (Å²) < 4.78 is 15.4. The van der Waals surface area contributed by atoms with Crippen molar-refractivity contribution in [3.05, 3.63) is 72.2 Å².